The van der Waals surface area contributed by atoms with E-state index in [1.807, 2.05) is 24.3 Å². The third kappa shape index (κ3) is 3.28. The predicted molar refractivity (Wildman–Crippen MR) is 115 cm³/mol. The van der Waals surface area contributed by atoms with Crippen molar-refractivity contribution in [2.24, 2.45) is 5.92 Å². The standard InChI is InChI=1S/C24H26FN3O3/c25-17-10-4-5-11-18(17)26-24(31)27-13-20-22(16-9-3-6-12-19(16)27)21(14-29)28(20)23(30)15-7-1-2-8-15/h3-6,9-12,15,20-22,29H,1-2,7-8,13-14H2,(H,26,31)/t20-,21-,22+/m0/s1. The third-order valence-electron chi connectivity index (χ3n) is 7.01. The molecule has 2 N–H and O–H groups in total. The fraction of sp³-hybridized carbons (Fsp3) is 0.417. The molecule has 3 amide bonds. The van der Waals surface area contributed by atoms with Crippen LogP contribution >= 0.6 is 0 Å². The molecule has 0 radical (unpaired) electrons. The molecule has 0 bridgehead atoms. The summed E-state index contributed by atoms with van der Waals surface area (Å²) in [6.07, 6.45) is 3.89. The number of carbonyl (C=O) groups excluding carboxylic acids is 2. The molecule has 2 aliphatic heterocycles. The molecule has 162 valence electrons. The second kappa shape index (κ2) is 7.96. The first-order valence-electron chi connectivity index (χ1n) is 10.9. The van der Waals surface area contributed by atoms with Crippen LogP contribution in [0.15, 0.2) is 48.5 Å². The van der Waals surface area contributed by atoms with Gasteiger partial charge in [-0.15, -0.1) is 0 Å². The van der Waals surface area contributed by atoms with Crippen molar-refractivity contribution in [3.8, 4) is 0 Å². The van der Waals surface area contributed by atoms with Crippen molar-refractivity contribution in [2.75, 3.05) is 23.4 Å². The minimum Gasteiger partial charge on any atom is -0.394 e. The van der Waals surface area contributed by atoms with Crippen molar-refractivity contribution in [1.82, 2.24) is 4.90 Å². The molecule has 5 rings (SSSR count). The Balaban J connectivity index is 1.45. The van der Waals surface area contributed by atoms with Crippen LogP contribution in [0.2, 0.25) is 0 Å². The number of fused-ring (bicyclic) bond motifs is 3. The van der Waals surface area contributed by atoms with Crippen LogP contribution < -0.4 is 10.2 Å². The summed E-state index contributed by atoms with van der Waals surface area (Å²) < 4.78 is 14.1. The smallest absolute Gasteiger partial charge is 0.326 e. The first kappa shape index (κ1) is 20.0. The Morgan fingerprint density at radius 2 is 1.77 bits per heavy atom. The Hall–Kier alpha value is -2.93. The number of benzene rings is 2. The molecule has 31 heavy (non-hydrogen) atoms. The van der Waals surface area contributed by atoms with Crippen LogP contribution in [0.4, 0.5) is 20.6 Å². The van der Waals surface area contributed by atoms with Gasteiger partial charge >= 0.3 is 6.03 Å². The lowest BCUT2D eigenvalue weighted by Crippen LogP contribution is -2.71. The lowest BCUT2D eigenvalue weighted by atomic mass is 9.71. The van der Waals surface area contributed by atoms with Gasteiger partial charge in [-0.05, 0) is 36.6 Å². The Labute approximate surface area is 180 Å². The topological polar surface area (TPSA) is 72.9 Å². The van der Waals surface area contributed by atoms with Gasteiger partial charge in [0.1, 0.15) is 5.82 Å². The molecule has 2 aromatic rings. The van der Waals surface area contributed by atoms with Gasteiger partial charge in [-0.3, -0.25) is 9.69 Å². The van der Waals surface area contributed by atoms with E-state index in [2.05, 4.69) is 5.32 Å². The maximum absolute atomic E-state index is 14.1. The van der Waals surface area contributed by atoms with Gasteiger partial charge in [-0.1, -0.05) is 43.2 Å². The third-order valence-corrected chi connectivity index (χ3v) is 7.01. The van der Waals surface area contributed by atoms with E-state index >= 15 is 0 Å². The maximum atomic E-state index is 14.1. The molecule has 3 atom stereocenters. The number of nitrogens with zero attached hydrogens (tertiary/aromatic N) is 2. The van der Waals surface area contributed by atoms with Gasteiger partial charge in [0.2, 0.25) is 5.91 Å². The Morgan fingerprint density at radius 3 is 2.52 bits per heavy atom. The lowest BCUT2D eigenvalue weighted by Gasteiger charge is -2.59. The summed E-state index contributed by atoms with van der Waals surface area (Å²) in [5.41, 5.74) is 1.80. The van der Waals surface area contributed by atoms with Gasteiger partial charge in [0.05, 0.1) is 24.4 Å². The summed E-state index contributed by atoms with van der Waals surface area (Å²) in [5, 5.41) is 12.7. The van der Waals surface area contributed by atoms with E-state index in [4.69, 9.17) is 0 Å². The fourth-order valence-electron chi connectivity index (χ4n) is 5.51. The van der Waals surface area contributed by atoms with Crippen LogP contribution in [0.25, 0.3) is 0 Å². The second-order valence-electron chi connectivity index (χ2n) is 8.65. The predicted octanol–water partition coefficient (Wildman–Crippen LogP) is 3.72. The number of para-hydroxylation sites is 2. The second-order valence-corrected chi connectivity index (χ2v) is 8.65. The van der Waals surface area contributed by atoms with Crippen molar-refractivity contribution in [3.05, 3.63) is 59.9 Å². The molecule has 6 nitrogen and oxygen atoms in total. The molecule has 0 unspecified atom stereocenters. The monoisotopic (exact) mass is 423 g/mol. The number of rotatable bonds is 3. The zero-order chi connectivity index (χ0) is 21.5. The Bertz CT molecular complexity index is 1010. The highest BCUT2D eigenvalue weighted by molar-refractivity contribution is 6.03. The van der Waals surface area contributed by atoms with Crippen LogP contribution in [-0.4, -0.2) is 47.2 Å². The number of carbonyl (C=O) groups is 2. The molecule has 3 aliphatic rings. The number of anilines is 2. The van der Waals surface area contributed by atoms with Gasteiger partial charge in [0.25, 0.3) is 0 Å². The average Bonchev–Trinajstić information content (AvgIpc) is 3.30. The number of nitrogens with one attached hydrogen (secondary N) is 1. The van der Waals surface area contributed by atoms with Crippen molar-refractivity contribution >= 4 is 23.3 Å². The molecular weight excluding hydrogens is 397 g/mol. The first-order chi connectivity index (χ1) is 15.1. The van der Waals surface area contributed by atoms with Gasteiger partial charge in [0.15, 0.2) is 0 Å². The maximum Gasteiger partial charge on any atom is 0.326 e. The first-order valence-corrected chi connectivity index (χ1v) is 10.9. The van der Waals surface area contributed by atoms with Crippen LogP contribution in [0, 0.1) is 11.7 Å². The largest absolute Gasteiger partial charge is 0.394 e. The normalized spacial score (nSPS) is 24.9. The number of hydrogen-bond donors (Lipinski definition) is 2. The molecule has 2 aromatic carbocycles. The van der Waals surface area contributed by atoms with E-state index < -0.39 is 11.8 Å². The molecule has 1 aliphatic carbocycles. The van der Waals surface area contributed by atoms with Gasteiger partial charge in [-0.25, -0.2) is 9.18 Å². The average molecular weight is 423 g/mol. The molecule has 0 spiro atoms. The van der Waals surface area contributed by atoms with Gasteiger partial charge in [-0.2, -0.15) is 0 Å². The number of aliphatic hydroxyl groups excluding tert-OH is 1. The summed E-state index contributed by atoms with van der Waals surface area (Å²) in [4.78, 5) is 29.8. The summed E-state index contributed by atoms with van der Waals surface area (Å²) in [6, 6.07) is 12.8. The van der Waals surface area contributed by atoms with E-state index in [1.165, 1.54) is 12.1 Å². The molecule has 1 saturated carbocycles. The number of amides is 3. The summed E-state index contributed by atoms with van der Waals surface area (Å²) in [5.74, 6) is -0.412. The highest BCUT2D eigenvalue weighted by atomic mass is 19.1. The van der Waals surface area contributed by atoms with Crippen LogP contribution in [-0.2, 0) is 4.79 Å². The van der Waals surface area contributed by atoms with Crippen LogP contribution in [0.3, 0.4) is 0 Å². The van der Waals surface area contributed by atoms with Crippen LogP contribution in [0.5, 0.6) is 0 Å². The molecule has 2 fully saturated rings. The molecule has 2 heterocycles. The molecule has 1 saturated heterocycles. The quantitative estimate of drug-likeness (QED) is 0.790. The number of halogens is 1. The summed E-state index contributed by atoms with van der Waals surface area (Å²) in [6.45, 7) is 0.215. The summed E-state index contributed by atoms with van der Waals surface area (Å²) >= 11 is 0. The van der Waals surface area contributed by atoms with E-state index in [-0.39, 0.29) is 42.1 Å². The SMILES string of the molecule is O=C(Nc1ccccc1F)N1C[C@H]2[C@@H](c3ccccc31)[C@H](CO)N2C(=O)C1CCCC1. The zero-order valence-corrected chi connectivity index (χ0v) is 17.2. The van der Waals surface area contributed by atoms with E-state index in [0.717, 1.165) is 36.9 Å². The van der Waals surface area contributed by atoms with E-state index in [1.54, 1.807) is 21.9 Å². The number of likely N-dealkylation sites (tertiary alicyclic amines) is 1. The van der Waals surface area contributed by atoms with Crippen molar-refractivity contribution < 1.29 is 19.1 Å². The fourth-order valence-corrected chi connectivity index (χ4v) is 5.51. The molecular formula is C24H26FN3O3. The number of aliphatic hydroxyl groups is 1. The minimum absolute atomic E-state index is 0.00728. The lowest BCUT2D eigenvalue weighted by molar-refractivity contribution is -0.154. The number of hydrogen-bond acceptors (Lipinski definition) is 3. The Kier molecular flexibility index (Phi) is 5.14. The highest BCUT2D eigenvalue weighted by Crippen LogP contribution is 2.49. The zero-order valence-electron chi connectivity index (χ0n) is 17.2. The Morgan fingerprint density at radius 1 is 1.06 bits per heavy atom. The van der Waals surface area contributed by atoms with Gasteiger partial charge < -0.3 is 15.3 Å². The minimum atomic E-state index is -0.499. The highest BCUT2D eigenvalue weighted by Gasteiger charge is 2.56. The van der Waals surface area contributed by atoms with Crippen molar-refractivity contribution in [1.29, 1.82) is 0 Å². The number of urea groups is 1. The van der Waals surface area contributed by atoms with E-state index in [9.17, 15) is 19.1 Å². The molecule has 0 aromatic heterocycles. The molecule has 7 heteroatoms. The van der Waals surface area contributed by atoms with Gasteiger partial charge in [0, 0.05) is 24.1 Å². The van der Waals surface area contributed by atoms with Crippen molar-refractivity contribution in [2.45, 2.75) is 43.7 Å². The van der Waals surface area contributed by atoms with E-state index in [0.29, 0.717) is 6.54 Å². The van der Waals surface area contributed by atoms with Crippen LogP contribution in [0.1, 0.15) is 37.2 Å². The van der Waals surface area contributed by atoms with Crippen molar-refractivity contribution in [3.63, 3.8) is 0 Å². The summed E-state index contributed by atoms with van der Waals surface area (Å²) in [7, 11) is 0.